The van der Waals surface area contributed by atoms with Crippen LogP contribution in [0.4, 0.5) is 0 Å². The maximum atomic E-state index is 10.3. The third-order valence-corrected chi connectivity index (χ3v) is 4.54. The van der Waals surface area contributed by atoms with E-state index in [4.69, 9.17) is 16.6 Å². The van der Waals surface area contributed by atoms with Gasteiger partial charge in [-0.25, -0.2) is 4.98 Å². The van der Waals surface area contributed by atoms with Gasteiger partial charge in [0.1, 0.15) is 11.5 Å². The Labute approximate surface area is 162 Å². The first-order chi connectivity index (χ1) is 13.1. The molecular weight excluding hydrogens is 358 g/mol. The third-order valence-electron chi connectivity index (χ3n) is 4.31. The molecule has 1 aromatic heterocycles. The van der Waals surface area contributed by atoms with Gasteiger partial charge in [-0.2, -0.15) is 0 Å². The molecule has 0 aliphatic heterocycles. The molecule has 0 fully saturated rings. The molecule has 1 heterocycles. The van der Waals surface area contributed by atoms with Gasteiger partial charge < -0.3 is 10.2 Å². The van der Waals surface area contributed by atoms with Gasteiger partial charge in [-0.3, -0.25) is 0 Å². The summed E-state index contributed by atoms with van der Waals surface area (Å²) in [6, 6.07) is 25.5. The number of para-hydroxylation sites is 1. The molecule has 0 atom stereocenters. The highest BCUT2D eigenvalue weighted by atomic mass is 35.5. The molecule has 0 spiro atoms. The number of benzene rings is 3. The van der Waals surface area contributed by atoms with Crippen molar-refractivity contribution in [3.63, 3.8) is 0 Å². The zero-order chi connectivity index (χ0) is 18.8. The van der Waals surface area contributed by atoms with E-state index in [1.165, 1.54) is 0 Å². The Bertz CT molecular complexity index is 1060. The second kappa shape index (κ2) is 7.14. The molecule has 3 nitrogen and oxygen atoms in total. The van der Waals surface area contributed by atoms with Gasteiger partial charge in [0.25, 0.3) is 0 Å². The summed E-state index contributed by atoms with van der Waals surface area (Å²) in [5.41, 5.74) is 4.64. The fourth-order valence-corrected chi connectivity index (χ4v) is 3.20. The molecule has 0 amide bonds. The van der Waals surface area contributed by atoms with Crippen LogP contribution in [0.25, 0.3) is 33.6 Å². The fraction of sp³-hybridized carbons (Fsp3) is 0. The number of halogens is 1. The van der Waals surface area contributed by atoms with E-state index in [0.717, 1.165) is 16.7 Å². The highest BCUT2D eigenvalue weighted by molar-refractivity contribution is 6.30. The van der Waals surface area contributed by atoms with Crippen molar-refractivity contribution in [2.75, 3.05) is 0 Å². The van der Waals surface area contributed by atoms with Crippen LogP contribution < -0.4 is 0 Å². The first-order valence-corrected chi connectivity index (χ1v) is 8.84. The number of rotatable bonds is 3. The normalized spacial score (nSPS) is 10.7. The number of hydrogen-bond donors (Lipinski definition) is 2. The van der Waals surface area contributed by atoms with Crippen molar-refractivity contribution in [1.82, 2.24) is 4.98 Å². The van der Waals surface area contributed by atoms with E-state index in [9.17, 15) is 10.2 Å². The molecular formula is C23H16ClNO2. The van der Waals surface area contributed by atoms with Crippen molar-refractivity contribution in [3.05, 3.63) is 90.0 Å². The Morgan fingerprint density at radius 1 is 0.630 bits per heavy atom. The Kier molecular flexibility index (Phi) is 4.53. The number of nitrogens with zero attached hydrogens (tertiary/aromatic N) is 1. The van der Waals surface area contributed by atoms with Crippen LogP contribution in [0.5, 0.6) is 11.5 Å². The summed E-state index contributed by atoms with van der Waals surface area (Å²) in [5, 5.41) is 20.8. The lowest BCUT2D eigenvalue weighted by molar-refractivity contribution is 0.475. The average molecular weight is 374 g/mol. The molecule has 0 saturated carbocycles. The monoisotopic (exact) mass is 373 g/mol. The number of pyridine rings is 1. The van der Waals surface area contributed by atoms with Crippen molar-refractivity contribution < 1.29 is 10.2 Å². The molecule has 0 bridgehead atoms. The third kappa shape index (κ3) is 3.64. The predicted octanol–water partition coefficient (Wildman–Crippen LogP) is 6.15. The van der Waals surface area contributed by atoms with Crippen LogP contribution in [-0.4, -0.2) is 15.2 Å². The zero-order valence-corrected chi connectivity index (χ0v) is 15.1. The molecule has 0 unspecified atom stereocenters. The van der Waals surface area contributed by atoms with Gasteiger partial charge in [0.15, 0.2) is 0 Å². The van der Waals surface area contributed by atoms with Crippen molar-refractivity contribution in [1.29, 1.82) is 0 Å². The first kappa shape index (κ1) is 17.1. The smallest absolute Gasteiger partial charge is 0.124 e. The molecule has 4 heteroatoms. The van der Waals surface area contributed by atoms with Crippen LogP contribution >= 0.6 is 11.6 Å². The number of aromatic hydroxyl groups is 2. The summed E-state index contributed by atoms with van der Waals surface area (Å²) in [7, 11) is 0. The lowest BCUT2D eigenvalue weighted by Crippen LogP contribution is -1.91. The lowest BCUT2D eigenvalue weighted by atomic mass is 9.99. The molecule has 0 aliphatic rings. The minimum atomic E-state index is 0.162. The highest BCUT2D eigenvalue weighted by Crippen LogP contribution is 2.34. The van der Waals surface area contributed by atoms with E-state index in [2.05, 4.69) is 0 Å². The van der Waals surface area contributed by atoms with Gasteiger partial charge in [-0.15, -0.1) is 0 Å². The molecule has 2 N–H and O–H groups in total. The number of hydrogen-bond acceptors (Lipinski definition) is 3. The molecule has 132 valence electrons. The van der Waals surface area contributed by atoms with Gasteiger partial charge in [0, 0.05) is 16.1 Å². The maximum Gasteiger partial charge on any atom is 0.124 e. The Hall–Kier alpha value is -3.30. The molecule has 0 aliphatic carbocycles. The SMILES string of the molecule is Oc1cccc(-c2cc(-c3cccc(Cl)c3)cc(-c3ccccc3O)n2)c1. The summed E-state index contributed by atoms with van der Waals surface area (Å²) in [6.45, 7) is 0. The van der Waals surface area contributed by atoms with Gasteiger partial charge in [0.05, 0.1) is 11.4 Å². The topological polar surface area (TPSA) is 53.4 Å². The highest BCUT2D eigenvalue weighted by Gasteiger charge is 2.12. The van der Waals surface area contributed by atoms with Gasteiger partial charge in [-0.05, 0) is 59.7 Å². The Balaban J connectivity index is 1.95. The van der Waals surface area contributed by atoms with Gasteiger partial charge >= 0.3 is 0 Å². The van der Waals surface area contributed by atoms with Crippen LogP contribution in [0.3, 0.4) is 0 Å². The van der Waals surface area contributed by atoms with E-state index in [1.54, 1.807) is 30.3 Å². The summed E-state index contributed by atoms with van der Waals surface area (Å²) >= 11 is 6.17. The minimum absolute atomic E-state index is 0.162. The summed E-state index contributed by atoms with van der Waals surface area (Å²) in [4.78, 5) is 4.72. The summed E-state index contributed by atoms with van der Waals surface area (Å²) in [5.74, 6) is 0.335. The second-order valence-electron chi connectivity index (χ2n) is 6.20. The number of phenolic OH excluding ortho intramolecular Hbond substituents is 2. The van der Waals surface area contributed by atoms with Crippen LogP contribution in [0.15, 0.2) is 84.9 Å². The van der Waals surface area contributed by atoms with E-state index in [-0.39, 0.29) is 11.5 Å². The standard InChI is InChI=1S/C23H16ClNO2/c24-18-7-3-5-15(11-18)17-13-21(16-6-4-8-19(26)12-16)25-22(14-17)20-9-1-2-10-23(20)27/h1-14,26-27H. The number of aromatic nitrogens is 1. The maximum absolute atomic E-state index is 10.3. The van der Waals surface area contributed by atoms with E-state index in [1.807, 2.05) is 54.6 Å². The van der Waals surface area contributed by atoms with E-state index >= 15 is 0 Å². The average Bonchev–Trinajstić information content (AvgIpc) is 2.68. The molecule has 0 saturated heterocycles. The van der Waals surface area contributed by atoms with Crippen LogP contribution in [0, 0.1) is 0 Å². The van der Waals surface area contributed by atoms with Crippen molar-refractivity contribution in [2.45, 2.75) is 0 Å². The van der Waals surface area contributed by atoms with Crippen LogP contribution in [0.1, 0.15) is 0 Å². The zero-order valence-electron chi connectivity index (χ0n) is 14.3. The molecule has 27 heavy (non-hydrogen) atoms. The van der Waals surface area contributed by atoms with Crippen molar-refractivity contribution in [3.8, 4) is 45.1 Å². The van der Waals surface area contributed by atoms with Crippen LogP contribution in [-0.2, 0) is 0 Å². The summed E-state index contributed by atoms with van der Waals surface area (Å²) in [6.07, 6.45) is 0. The Morgan fingerprint density at radius 3 is 2.15 bits per heavy atom. The van der Waals surface area contributed by atoms with E-state index in [0.29, 0.717) is 22.0 Å². The van der Waals surface area contributed by atoms with Gasteiger partial charge in [-0.1, -0.05) is 48.0 Å². The van der Waals surface area contributed by atoms with Gasteiger partial charge in [0.2, 0.25) is 0 Å². The lowest BCUT2D eigenvalue weighted by Gasteiger charge is -2.11. The second-order valence-corrected chi connectivity index (χ2v) is 6.64. The fourth-order valence-electron chi connectivity index (χ4n) is 3.01. The molecule has 4 rings (SSSR count). The van der Waals surface area contributed by atoms with Crippen molar-refractivity contribution in [2.24, 2.45) is 0 Å². The van der Waals surface area contributed by atoms with Crippen LogP contribution in [0.2, 0.25) is 5.02 Å². The summed E-state index contributed by atoms with van der Waals surface area (Å²) < 4.78 is 0. The molecule has 4 aromatic rings. The Morgan fingerprint density at radius 2 is 1.37 bits per heavy atom. The quantitative estimate of drug-likeness (QED) is 0.453. The molecule has 0 radical (unpaired) electrons. The van der Waals surface area contributed by atoms with E-state index < -0.39 is 0 Å². The largest absolute Gasteiger partial charge is 0.508 e. The van der Waals surface area contributed by atoms with Crippen molar-refractivity contribution >= 4 is 11.6 Å². The number of phenols is 2. The molecule has 3 aromatic carbocycles. The minimum Gasteiger partial charge on any atom is -0.508 e. The first-order valence-electron chi connectivity index (χ1n) is 8.46. The predicted molar refractivity (Wildman–Crippen MR) is 109 cm³/mol.